The van der Waals surface area contributed by atoms with Crippen molar-refractivity contribution in [3.05, 3.63) is 103 Å². The van der Waals surface area contributed by atoms with Crippen molar-refractivity contribution < 1.29 is 9.85 Å². The van der Waals surface area contributed by atoms with E-state index in [1.54, 1.807) is 6.07 Å². The van der Waals surface area contributed by atoms with Gasteiger partial charge in [-0.2, -0.15) is 0 Å². The van der Waals surface area contributed by atoms with E-state index >= 15 is 0 Å². The van der Waals surface area contributed by atoms with Crippen LogP contribution in [0.2, 0.25) is 10.2 Å². The highest BCUT2D eigenvalue weighted by molar-refractivity contribution is 6.34. The SMILES string of the molecule is Cl.O=[N+]([O-])c1ccc2c(Cl)ncnc2c1.O=[N+]([O-])c1ccc2c(N3CCc4ccc(Cl)cc43)ncnc2c1. The molecular formula is C24H16Cl3N7O4. The maximum absolute atomic E-state index is 10.9. The van der Waals surface area contributed by atoms with Crippen molar-refractivity contribution >= 4 is 80.3 Å². The lowest BCUT2D eigenvalue weighted by molar-refractivity contribution is -0.384. The van der Waals surface area contributed by atoms with Crippen LogP contribution in [0.1, 0.15) is 5.56 Å². The highest BCUT2D eigenvalue weighted by Crippen LogP contribution is 2.38. The highest BCUT2D eigenvalue weighted by Gasteiger charge is 2.24. The number of non-ortho nitro benzene ring substituents is 2. The molecule has 192 valence electrons. The van der Waals surface area contributed by atoms with E-state index in [9.17, 15) is 20.2 Å². The zero-order valence-corrected chi connectivity index (χ0v) is 21.5. The van der Waals surface area contributed by atoms with Crippen LogP contribution in [0.3, 0.4) is 0 Å². The topological polar surface area (TPSA) is 141 Å². The van der Waals surface area contributed by atoms with Gasteiger partial charge in [0.15, 0.2) is 0 Å². The summed E-state index contributed by atoms with van der Waals surface area (Å²) in [5.41, 5.74) is 3.28. The van der Waals surface area contributed by atoms with E-state index in [-0.39, 0.29) is 23.8 Å². The van der Waals surface area contributed by atoms with Crippen molar-refractivity contribution in [3.8, 4) is 0 Å². The number of fused-ring (bicyclic) bond motifs is 3. The lowest BCUT2D eigenvalue weighted by Crippen LogP contribution is -2.15. The summed E-state index contributed by atoms with van der Waals surface area (Å²) in [4.78, 5) is 38.8. The van der Waals surface area contributed by atoms with Gasteiger partial charge >= 0.3 is 0 Å². The van der Waals surface area contributed by atoms with Crippen molar-refractivity contribution in [3.63, 3.8) is 0 Å². The molecular weight excluding hydrogens is 557 g/mol. The van der Waals surface area contributed by atoms with Crippen molar-refractivity contribution in [2.75, 3.05) is 11.4 Å². The molecule has 38 heavy (non-hydrogen) atoms. The van der Waals surface area contributed by atoms with Crippen LogP contribution >= 0.6 is 35.6 Å². The first-order chi connectivity index (χ1) is 17.8. The third-order valence-corrected chi connectivity index (χ3v) is 6.33. The Hall–Kier alpha value is -4.19. The molecule has 0 spiro atoms. The van der Waals surface area contributed by atoms with E-state index in [4.69, 9.17) is 23.2 Å². The molecule has 3 heterocycles. The third-order valence-electron chi connectivity index (χ3n) is 5.79. The number of hydrogen-bond donors (Lipinski definition) is 0. The molecule has 0 aliphatic carbocycles. The average molecular weight is 573 g/mol. The van der Waals surface area contributed by atoms with Crippen molar-refractivity contribution in [2.24, 2.45) is 0 Å². The van der Waals surface area contributed by atoms with Crippen LogP contribution in [-0.2, 0) is 6.42 Å². The Kier molecular flexibility index (Phi) is 7.81. The van der Waals surface area contributed by atoms with Gasteiger partial charge < -0.3 is 4.90 Å². The summed E-state index contributed by atoms with van der Waals surface area (Å²) in [5, 5.41) is 23.7. The molecule has 14 heteroatoms. The molecule has 11 nitrogen and oxygen atoms in total. The lowest BCUT2D eigenvalue weighted by atomic mass is 10.1. The molecule has 3 aromatic carbocycles. The number of halogens is 3. The second-order valence-corrected chi connectivity index (χ2v) is 8.75. The summed E-state index contributed by atoms with van der Waals surface area (Å²) >= 11 is 11.9. The van der Waals surface area contributed by atoms with Gasteiger partial charge in [0.25, 0.3) is 11.4 Å². The quantitative estimate of drug-likeness (QED) is 0.134. The van der Waals surface area contributed by atoms with E-state index in [1.807, 2.05) is 18.2 Å². The predicted molar refractivity (Wildman–Crippen MR) is 147 cm³/mol. The maximum Gasteiger partial charge on any atom is 0.271 e. The van der Waals surface area contributed by atoms with E-state index < -0.39 is 9.85 Å². The van der Waals surface area contributed by atoms with Gasteiger partial charge in [-0.25, -0.2) is 19.9 Å². The van der Waals surface area contributed by atoms with Gasteiger partial charge in [-0.05, 0) is 36.2 Å². The number of aromatic nitrogens is 4. The summed E-state index contributed by atoms with van der Waals surface area (Å²) in [6, 6.07) is 14.7. The number of nitrogens with zero attached hydrogens (tertiary/aromatic N) is 7. The average Bonchev–Trinajstić information content (AvgIpc) is 3.31. The lowest BCUT2D eigenvalue weighted by Gasteiger charge is -2.19. The summed E-state index contributed by atoms with van der Waals surface area (Å²) < 4.78 is 0. The Morgan fingerprint density at radius 2 is 1.37 bits per heavy atom. The van der Waals surface area contributed by atoms with Crippen molar-refractivity contribution in [1.82, 2.24) is 19.9 Å². The smallest absolute Gasteiger partial charge is 0.271 e. The predicted octanol–water partition coefficient (Wildman–Crippen LogP) is 6.50. The van der Waals surface area contributed by atoms with Gasteiger partial charge in [-0.3, -0.25) is 20.2 Å². The fourth-order valence-corrected chi connectivity index (χ4v) is 4.43. The van der Waals surface area contributed by atoms with Crippen LogP contribution in [-0.4, -0.2) is 36.3 Å². The van der Waals surface area contributed by atoms with Crippen molar-refractivity contribution in [2.45, 2.75) is 6.42 Å². The maximum atomic E-state index is 10.9. The Labute approximate surface area is 230 Å². The first kappa shape index (κ1) is 26.9. The second kappa shape index (κ2) is 11.1. The number of rotatable bonds is 3. The summed E-state index contributed by atoms with van der Waals surface area (Å²) in [7, 11) is 0. The van der Waals surface area contributed by atoms with Crippen LogP contribution < -0.4 is 4.90 Å². The highest BCUT2D eigenvalue weighted by atomic mass is 35.5. The van der Waals surface area contributed by atoms with Crippen molar-refractivity contribution in [1.29, 1.82) is 0 Å². The van der Waals surface area contributed by atoms with Crippen LogP contribution in [0, 0.1) is 20.2 Å². The molecule has 0 unspecified atom stereocenters. The fourth-order valence-electron chi connectivity index (χ4n) is 4.06. The van der Waals surface area contributed by atoms with Gasteiger partial charge in [-0.1, -0.05) is 29.3 Å². The standard InChI is InChI=1S/C16H11ClN4O2.C8H4ClN3O2.ClH/c17-11-2-1-10-5-6-20(15(10)7-11)16-13-4-3-12(21(22)23)8-14(13)18-9-19-16;9-8-6-2-1-5(12(13)14)3-7(6)10-4-11-8;/h1-4,7-9H,5-6H2;1-4H;1H. The van der Waals surface area contributed by atoms with Crippen LogP contribution in [0.5, 0.6) is 0 Å². The Morgan fingerprint density at radius 1 is 0.763 bits per heavy atom. The van der Waals surface area contributed by atoms with E-state index in [2.05, 4.69) is 24.8 Å². The van der Waals surface area contributed by atoms with E-state index in [0.717, 1.165) is 29.9 Å². The molecule has 0 saturated carbocycles. The molecule has 0 saturated heterocycles. The fraction of sp³-hybridized carbons (Fsp3) is 0.0833. The number of hydrogen-bond acceptors (Lipinski definition) is 9. The minimum Gasteiger partial charge on any atom is -0.325 e. The zero-order valence-electron chi connectivity index (χ0n) is 19.2. The van der Waals surface area contributed by atoms with E-state index in [1.165, 1.54) is 48.5 Å². The summed E-state index contributed by atoms with van der Waals surface area (Å²) in [6.07, 6.45) is 3.61. The van der Waals surface area contributed by atoms with Gasteiger partial charge in [0.05, 0.1) is 20.9 Å². The minimum atomic E-state index is -0.477. The first-order valence-electron chi connectivity index (χ1n) is 10.8. The number of nitro groups is 2. The van der Waals surface area contributed by atoms with Crippen LogP contribution in [0.25, 0.3) is 21.8 Å². The molecule has 1 aliphatic heterocycles. The Balaban J connectivity index is 0.000000193. The van der Waals surface area contributed by atoms with Crippen LogP contribution in [0.4, 0.5) is 22.9 Å². The molecule has 6 rings (SSSR count). The molecule has 0 N–H and O–H groups in total. The zero-order chi connectivity index (χ0) is 26.1. The van der Waals surface area contributed by atoms with Crippen LogP contribution in [0.15, 0.2) is 67.3 Å². The molecule has 0 amide bonds. The van der Waals surface area contributed by atoms with Gasteiger partial charge in [0, 0.05) is 52.3 Å². The normalized spacial score (nSPS) is 11.9. The number of nitro benzene ring substituents is 2. The monoisotopic (exact) mass is 571 g/mol. The van der Waals surface area contributed by atoms with Gasteiger partial charge in [0.1, 0.15) is 23.6 Å². The molecule has 1 aliphatic rings. The third kappa shape index (κ3) is 5.25. The number of anilines is 2. The van der Waals surface area contributed by atoms with Gasteiger partial charge in [-0.15, -0.1) is 12.4 Å². The molecule has 0 radical (unpaired) electrons. The summed E-state index contributed by atoms with van der Waals surface area (Å²) in [6.45, 7) is 0.790. The minimum absolute atomic E-state index is 0. The molecule has 2 aromatic heterocycles. The van der Waals surface area contributed by atoms with Gasteiger partial charge in [0.2, 0.25) is 0 Å². The van der Waals surface area contributed by atoms with E-state index in [0.29, 0.717) is 26.6 Å². The molecule has 0 atom stereocenters. The second-order valence-electron chi connectivity index (χ2n) is 7.95. The largest absolute Gasteiger partial charge is 0.325 e. The number of benzene rings is 3. The molecule has 5 aromatic rings. The Bertz CT molecular complexity index is 1700. The molecule has 0 bridgehead atoms. The first-order valence-corrected chi connectivity index (χ1v) is 11.6. The molecule has 0 fully saturated rings. The Morgan fingerprint density at radius 3 is 2.03 bits per heavy atom. The summed E-state index contributed by atoms with van der Waals surface area (Å²) in [5.74, 6) is 0.742.